The van der Waals surface area contributed by atoms with Gasteiger partial charge in [-0.05, 0) is 75.9 Å². The van der Waals surface area contributed by atoms with E-state index in [1.54, 1.807) is 23.6 Å². The van der Waals surface area contributed by atoms with E-state index in [1.807, 2.05) is 0 Å². The standard InChI is InChI=1S/C23H29F4N5OS/c1-16(17-5-6-17)31(15-23(25,26)27)21(33)14-34-22-29-28-20(13-30-11-3-2-4-12-30)32(22)19-9-7-18(24)8-10-19/h7-10,16-17H,2-6,11-15H2,1H3. The van der Waals surface area contributed by atoms with Crippen molar-refractivity contribution in [2.75, 3.05) is 25.4 Å². The van der Waals surface area contributed by atoms with Gasteiger partial charge in [-0.25, -0.2) is 4.39 Å². The first-order valence-corrected chi connectivity index (χ1v) is 12.6. The largest absolute Gasteiger partial charge is 0.406 e. The van der Waals surface area contributed by atoms with Crippen molar-refractivity contribution in [1.82, 2.24) is 24.6 Å². The molecule has 2 fully saturated rings. The monoisotopic (exact) mass is 499 g/mol. The molecule has 1 aliphatic carbocycles. The van der Waals surface area contributed by atoms with Crippen LogP contribution in [0, 0.1) is 11.7 Å². The summed E-state index contributed by atoms with van der Waals surface area (Å²) in [5.41, 5.74) is 0.645. The molecule has 1 aromatic carbocycles. The fraction of sp³-hybridized carbons (Fsp3) is 0.609. The Morgan fingerprint density at radius 3 is 2.44 bits per heavy atom. The highest BCUT2D eigenvalue weighted by atomic mass is 32.2. The van der Waals surface area contributed by atoms with E-state index in [2.05, 4.69) is 15.1 Å². The number of thioether (sulfide) groups is 1. The predicted molar refractivity (Wildman–Crippen MR) is 121 cm³/mol. The zero-order valence-corrected chi connectivity index (χ0v) is 19.9. The molecule has 6 nitrogen and oxygen atoms in total. The Morgan fingerprint density at radius 2 is 1.82 bits per heavy atom. The second kappa shape index (κ2) is 10.6. The summed E-state index contributed by atoms with van der Waals surface area (Å²) < 4.78 is 54.8. The van der Waals surface area contributed by atoms with Crippen molar-refractivity contribution in [2.24, 2.45) is 5.92 Å². The maximum Gasteiger partial charge on any atom is 0.406 e. The zero-order chi connectivity index (χ0) is 24.3. The molecule has 0 N–H and O–H groups in total. The topological polar surface area (TPSA) is 54.3 Å². The first kappa shape index (κ1) is 25.0. The third-order valence-electron chi connectivity index (χ3n) is 6.39. The van der Waals surface area contributed by atoms with Crippen molar-refractivity contribution >= 4 is 17.7 Å². The van der Waals surface area contributed by atoms with Crippen LogP contribution in [0.1, 0.15) is 44.9 Å². The molecule has 4 rings (SSSR count). The maximum absolute atomic E-state index is 13.5. The predicted octanol–water partition coefficient (Wildman–Crippen LogP) is 4.67. The molecule has 1 saturated carbocycles. The lowest BCUT2D eigenvalue weighted by molar-refractivity contribution is -0.164. The zero-order valence-electron chi connectivity index (χ0n) is 19.1. The number of hydrogen-bond donors (Lipinski definition) is 0. The third kappa shape index (κ3) is 6.50. The van der Waals surface area contributed by atoms with Crippen LogP contribution in [-0.4, -0.2) is 68.1 Å². The van der Waals surface area contributed by atoms with Crippen LogP contribution in [0.2, 0.25) is 0 Å². The molecule has 2 heterocycles. The fourth-order valence-electron chi connectivity index (χ4n) is 4.36. The van der Waals surface area contributed by atoms with E-state index in [9.17, 15) is 22.4 Å². The second-order valence-electron chi connectivity index (χ2n) is 9.05. The molecule has 1 unspecified atom stereocenters. The minimum Gasteiger partial charge on any atom is -0.330 e. The van der Waals surface area contributed by atoms with Gasteiger partial charge in [0, 0.05) is 11.7 Å². The van der Waals surface area contributed by atoms with E-state index in [0.29, 0.717) is 23.2 Å². The average molecular weight is 500 g/mol. The van der Waals surface area contributed by atoms with Gasteiger partial charge >= 0.3 is 6.18 Å². The van der Waals surface area contributed by atoms with Crippen molar-refractivity contribution in [1.29, 1.82) is 0 Å². The Labute approximate surface area is 200 Å². The summed E-state index contributed by atoms with van der Waals surface area (Å²) in [6.45, 7) is 2.88. The van der Waals surface area contributed by atoms with Crippen LogP contribution in [0.3, 0.4) is 0 Å². The van der Waals surface area contributed by atoms with E-state index in [-0.39, 0.29) is 17.5 Å². The number of hydrogen-bond acceptors (Lipinski definition) is 5. The minimum absolute atomic E-state index is 0.121. The summed E-state index contributed by atoms with van der Waals surface area (Å²) >= 11 is 1.06. The molecule has 1 aliphatic heterocycles. The Hall–Kier alpha value is -2.14. The van der Waals surface area contributed by atoms with Gasteiger partial charge in [0.2, 0.25) is 5.91 Å². The van der Waals surface area contributed by atoms with Gasteiger partial charge in [0.1, 0.15) is 12.4 Å². The van der Waals surface area contributed by atoms with Crippen molar-refractivity contribution in [3.8, 4) is 5.69 Å². The summed E-state index contributed by atoms with van der Waals surface area (Å²) in [7, 11) is 0. The first-order chi connectivity index (χ1) is 16.2. The lowest BCUT2D eigenvalue weighted by atomic mass is 10.1. The third-order valence-corrected chi connectivity index (χ3v) is 7.30. The summed E-state index contributed by atoms with van der Waals surface area (Å²) in [6.07, 6.45) is 0.630. The molecule has 1 aromatic heterocycles. The van der Waals surface area contributed by atoms with Gasteiger partial charge in [-0.3, -0.25) is 14.3 Å². The highest BCUT2D eigenvalue weighted by molar-refractivity contribution is 7.99. The van der Waals surface area contributed by atoms with Crippen LogP contribution < -0.4 is 0 Å². The van der Waals surface area contributed by atoms with E-state index < -0.39 is 24.7 Å². The minimum atomic E-state index is -4.46. The highest BCUT2D eigenvalue weighted by Gasteiger charge is 2.40. The molecule has 2 aliphatic rings. The SMILES string of the molecule is CC(C1CC1)N(CC(F)(F)F)C(=O)CSc1nnc(CN2CCCCC2)n1-c1ccc(F)cc1. The van der Waals surface area contributed by atoms with E-state index in [1.165, 1.54) is 18.6 Å². The number of amides is 1. The summed E-state index contributed by atoms with van der Waals surface area (Å²) in [5, 5.41) is 8.96. The Morgan fingerprint density at radius 1 is 1.15 bits per heavy atom. The molecule has 1 atom stereocenters. The second-order valence-corrected chi connectivity index (χ2v) is 9.99. The molecule has 2 aromatic rings. The Kier molecular flexibility index (Phi) is 7.81. The van der Waals surface area contributed by atoms with Gasteiger partial charge < -0.3 is 4.90 Å². The van der Waals surface area contributed by atoms with Gasteiger partial charge in [0.25, 0.3) is 0 Å². The number of carbonyl (C=O) groups excluding carboxylic acids is 1. The quantitative estimate of drug-likeness (QED) is 0.371. The van der Waals surface area contributed by atoms with Gasteiger partial charge in [-0.1, -0.05) is 18.2 Å². The summed E-state index contributed by atoms with van der Waals surface area (Å²) in [6, 6.07) is 5.42. The van der Waals surface area contributed by atoms with E-state index >= 15 is 0 Å². The van der Waals surface area contributed by atoms with Crippen molar-refractivity contribution in [3.63, 3.8) is 0 Å². The lowest BCUT2D eigenvalue weighted by Crippen LogP contribution is -2.46. The Balaban J connectivity index is 1.53. The van der Waals surface area contributed by atoms with Crippen molar-refractivity contribution in [2.45, 2.75) is 62.9 Å². The van der Waals surface area contributed by atoms with Crippen LogP contribution in [0.25, 0.3) is 5.69 Å². The first-order valence-electron chi connectivity index (χ1n) is 11.6. The lowest BCUT2D eigenvalue weighted by Gasteiger charge is -2.30. The van der Waals surface area contributed by atoms with Gasteiger partial charge in [-0.15, -0.1) is 10.2 Å². The molecule has 0 spiro atoms. The van der Waals surface area contributed by atoms with Crippen LogP contribution >= 0.6 is 11.8 Å². The molecule has 1 amide bonds. The molecule has 34 heavy (non-hydrogen) atoms. The number of carbonyl (C=O) groups is 1. The number of nitrogens with zero attached hydrogens (tertiary/aromatic N) is 5. The molecule has 0 radical (unpaired) electrons. The number of aromatic nitrogens is 3. The van der Waals surface area contributed by atoms with Gasteiger partial charge in [0.05, 0.1) is 12.3 Å². The van der Waals surface area contributed by atoms with Crippen molar-refractivity contribution in [3.05, 3.63) is 35.9 Å². The summed E-state index contributed by atoms with van der Waals surface area (Å²) in [4.78, 5) is 16.1. The number of likely N-dealkylation sites (tertiary alicyclic amines) is 1. The van der Waals surface area contributed by atoms with Crippen LogP contribution in [0.4, 0.5) is 17.6 Å². The molecular formula is C23H29F4N5OS. The molecule has 186 valence electrons. The number of piperidine rings is 1. The Bertz CT molecular complexity index is 971. The molecule has 0 bridgehead atoms. The molecular weight excluding hydrogens is 470 g/mol. The number of benzene rings is 1. The van der Waals surface area contributed by atoms with Crippen LogP contribution in [0.15, 0.2) is 29.4 Å². The van der Waals surface area contributed by atoms with Crippen LogP contribution in [0.5, 0.6) is 0 Å². The molecule has 11 heteroatoms. The number of rotatable bonds is 9. The van der Waals surface area contributed by atoms with Gasteiger partial charge in [0.15, 0.2) is 11.0 Å². The van der Waals surface area contributed by atoms with Crippen LogP contribution in [-0.2, 0) is 11.3 Å². The number of halogens is 4. The van der Waals surface area contributed by atoms with E-state index in [4.69, 9.17) is 0 Å². The smallest absolute Gasteiger partial charge is 0.330 e. The summed E-state index contributed by atoms with van der Waals surface area (Å²) in [5.74, 6) is -0.364. The van der Waals surface area contributed by atoms with Gasteiger partial charge in [-0.2, -0.15) is 13.2 Å². The number of alkyl halides is 3. The normalized spacial score (nSPS) is 18.1. The molecule has 1 saturated heterocycles. The maximum atomic E-state index is 13.5. The highest BCUT2D eigenvalue weighted by Crippen LogP contribution is 2.36. The average Bonchev–Trinajstić information content (AvgIpc) is 3.58. The van der Waals surface area contributed by atoms with Crippen molar-refractivity contribution < 1.29 is 22.4 Å². The fourth-order valence-corrected chi connectivity index (χ4v) is 5.21. The van der Waals surface area contributed by atoms with E-state index in [0.717, 1.165) is 55.4 Å².